The second kappa shape index (κ2) is 6.84. The summed E-state index contributed by atoms with van der Waals surface area (Å²) in [6.45, 7) is 2.58. The third kappa shape index (κ3) is 3.28. The van der Waals surface area contributed by atoms with Gasteiger partial charge in [-0.3, -0.25) is 9.78 Å². The van der Waals surface area contributed by atoms with Gasteiger partial charge in [0.05, 0.1) is 11.6 Å². The quantitative estimate of drug-likeness (QED) is 0.751. The van der Waals surface area contributed by atoms with Crippen molar-refractivity contribution in [1.29, 1.82) is 0 Å². The largest absolute Gasteiger partial charge is 0.356 e. The maximum absolute atomic E-state index is 12.2. The van der Waals surface area contributed by atoms with E-state index < -0.39 is 0 Å². The fourth-order valence-electron chi connectivity index (χ4n) is 3.07. The first-order valence-corrected chi connectivity index (χ1v) is 8.38. The summed E-state index contributed by atoms with van der Waals surface area (Å²) < 4.78 is 1.62. The van der Waals surface area contributed by atoms with Gasteiger partial charge in [0, 0.05) is 32.0 Å². The minimum absolute atomic E-state index is 0.116. The molecule has 1 aliphatic rings. The number of hydrogen-bond acceptors (Lipinski definition) is 6. The van der Waals surface area contributed by atoms with Crippen LogP contribution < -0.4 is 10.2 Å². The molecule has 0 atom stereocenters. The number of fused-ring (bicyclic) bond motifs is 1. The molecule has 8 heteroatoms. The lowest BCUT2D eigenvalue weighted by atomic mass is 10.3. The molecule has 0 saturated carbocycles. The number of carbonyl (C=O) groups excluding carboxylic acids is 1. The lowest BCUT2D eigenvalue weighted by Crippen LogP contribution is -2.27. The third-order valence-electron chi connectivity index (χ3n) is 4.32. The van der Waals surface area contributed by atoms with Gasteiger partial charge in [-0.1, -0.05) is 6.07 Å². The van der Waals surface area contributed by atoms with E-state index >= 15 is 0 Å². The van der Waals surface area contributed by atoms with Crippen LogP contribution in [0.2, 0.25) is 0 Å². The second-order valence-corrected chi connectivity index (χ2v) is 6.07. The monoisotopic (exact) mass is 337 g/mol. The summed E-state index contributed by atoms with van der Waals surface area (Å²) in [5.74, 6) is 0.791. The highest BCUT2D eigenvalue weighted by atomic mass is 16.2. The first-order chi connectivity index (χ1) is 12.3. The van der Waals surface area contributed by atoms with E-state index in [1.807, 2.05) is 12.1 Å². The maximum atomic E-state index is 12.2. The van der Waals surface area contributed by atoms with E-state index in [4.69, 9.17) is 0 Å². The van der Waals surface area contributed by atoms with Crippen LogP contribution in [0.5, 0.6) is 0 Å². The summed E-state index contributed by atoms with van der Waals surface area (Å²) in [6, 6.07) is 3.77. The molecule has 3 aromatic rings. The molecule has 1 N–H and O–H groups in total. The van der Waals surface area contributed by atoms with E-state index in [0.717, 1.165) is 29.9 Å². The van der Waals surface area contributed by atoms with Gasteiger partial charge in [0.2, 0.25) is 5.91 Å². The number of anilines is 1. The van der Waals surface area contributed by atoms with Gasteiger partial charge in [-0.05, 0) is 24.5 Å². The van der Waals surface area contributed by atoms with Crippen molar-refractivity contribution in [2.75, 3.05) is 18.0 Å². The van der Waals surface area contributed by atoms with Gasteiger partial charge < -0.3 is 10.2 Å². The van der Waals surface area contributed by atoms with Crippen LogP contribution in [0.4, 0.5) is 5.82 Å². The Balaban J connectivity index is 1.48. The van der Waals surface area contributed by atoms with Crippen LogP contribution in [-0.2, 0) is 17.9 Å². The fraction of sp³-hybridized carbons (Fsp3) is 0.353. The van der Waals surface area contributed by atoms with Crippen LogP contribution in [0.1, 0.15) is 18.4 Å². The number of pyridine rings is 1. The Hall–Kier alpha value is -3.03. The van der Waals surface area contributed by atoms with Gasteiger partial charge in [-0.2, -0.15) is 5.10 Å². The fourth-order valence-corrected chi connectivity index (χ4v) is 3.07. The van der Waals surface area contributed by atoms with Gasteiger partial charge in [0.15, 0.2) is 5.65 Å². The molecule has 0 radical (unpaired) electrons. The number of carbonyl (C=O) groups is 1. The van der Waals surface area contributed by atoms with Crippen LogP contribution in [0.25, 0.3) is 11.0 Å². The summed E-state index contributed by atoms with van der Waals surface area (Å²) in [6.07, 6.45) is 9.09. The van der Waals surface area contributed by atoms with E-state index in [1.165, 1.54) is 12.8 Å². The van der Waals surface area contributed by atoms with Crippen LogP contribution >= 0.6 is 0 Å². The minimum atomic E-state index is -0.116. The van der Waals surface area contributed by atoms with E-state index in [0.29, 0.717) is 12.2 Å². The Kier molecular flexibility index (Phi) is 4.24. The first kappa shape index (κ1) is 15.5. The standard InChI is InChI=1S/C17H19N7O/c25-15(19-9-13-4-3-5-18-8-13)11-24-17-14(10-22-24)16(20-12-21-17)23-6-1-2-7-23/h3-5,8,10,12H,1-2,6-7,9,11H2,(H,19,25). The average Bonchev–Trinajstić information content (AvgIpc) is 3.31. The normalized spacial score (nSPS) is 14.2. The van der Waals surface area contributed by atoms with Gasteiger partial charge in [-0.25, -0.2) is 14.6 Å². The molecule has 4 heterocycles. The topological polar surface area (TPSA) is 88.8 Å². The van der Waals surface area contributed by atoms with E-state index in [-0.39, 0.29) is 12.5 Å². The van der Waals surface area contributed by atoms with Gasteiger partial charge in [-0.15, -0.1) is 0 Å². The van der Waals surface area contributed by atoms with E-state index in [1.54, 1.807) is 29.6 Å². The summed E-state index contributed by atoms with van der Waals surface area (Å²) in [5.41, 5.74) is 1.65. The molecule has 0 aliphatic carbocycles. The lowest BCUT2D eigenvalue weighted by molar-refractivity contribution is -0.121. The Labute approximate surface area is 144 Å². The van der Waals surface area contributed by atoms with Crippen molar-refractivity contribution in [3.8, 4) is 0 Å². The molecule has 3 aromatic heterocycles. The number of aromatic nitrogens is 5. The molecule has 1 saturated heterocycles. The molecule has 128 valence electrons. The molecule has 4 rings (SSSR count). The summed E-state index contributed by atoms with van der Waals surface area (Å²) in [5, 5.41) is 8.11. The van der Waals surface area contributed by atoms with Crippen molar-refractivity contribution in [2.24, 2.45) is 0 Å². The number of hydrogen-bond donors (Lipinski definition) is 1. The molecular weight excluding hydrogens is 318 g/mol. The number of amides is 1. The van der Waals surface area contributed by atoms with Crippen LogP contribution in [0, 0.1) is 0 Å². The van der Waals surface area contributed by atoms with Gasteiger partial charge in [0.25, 0.3) is 0 Å². The number of nitrogens with one attached hydrogen (secondary N) is 1. The predicted molar refractivity (Wildman–Crippen MR) is 92.9 cm³/mol. The SMILES string of the molecule is O=C(Cn1ncc2c(N3CCCC3)ncnc21)NCc1cccnc1. The highest BCUT2D eigenvalue weighted by molar-refractivity contribution is 5.88. The zero-order valence-corrected chi connectivity index (χ0v) is 13.8. The lowest BCUT2D eigenvalue weighted by Gasteiger charge is -2.16. The number of nitrogens with zero attached hydrogens (tertiary/aromatic N) is 6. The number of rotatable bonds is 5. The predicted octanol–water partition coefficient (Wildman–Crippen LogP) is 1.14. The molecule has 0 spiro atoms. The highest BCUT2D eigenvalue weighted by Crippen LogP contribution is 2.25. The Bertz CT molecular complexity index is 871. The summed E-state index contributed by atoms with van der Waals surface area (Å²) in [7, 11) is 0. The molecule has 0 unspecified atom stereocenters. The molecular formula is C17H19N7O. The van der Waals surface area contributed by atoms with Crippen LogP contribution in [0.15, 0.2) is 37.1 Å². The zero-order chi connectivity index (χ0) is 17.1. The van der Waals surface area contributed by atoms with Gasteiger partial charge >= 0.3 is 0 Å². The molecule has 0 bridgehead atoms. The molecule has 25 heavy (non-hydrogen) atoms. The van der Waals surface area contributed by atoms with E-state index in [9.17, 15) is 4.79 Å². The average molecular weight is 337 g/mol. The molecule has 0 aromatic carbocycles. The van der Waals surface area contributed by atoms with Crippen molar-refractivity contribution in [3.05, 3.63) is 42.6 Å². The maximum Gasteiger partial charge on any atom is 0.242 e. The Morgan fingerprint density at radius 3 is 2.88 bits per heavy atom. The third-order valence-corrected chi connectivity index (χ3v) is 4.32. The van der Waals surface area contributed by atoms with Crippen molar-refractivity contribution >= 4 is 22.8 Å². The van der Waals surface area contributed by atoms with Crippen molar-refractivity contribution in [1.82, 2.24) is 30.0 Å². The molecule has 8 nitrogen and oxygen atoms in total. The van der Waals surface area contributed by atoms with Crippen molar-refractivity contribution in [2.45, 2.75) is 25.9 Å². The Morgan fingerprint density at radius 2 is 2.08 bits per heavy atom. The molecule has 1 amide bonds. The summed E-state index contributed by atoms with van der Waals surface area (Å²) in [4.78, 5) is 27.2. The molecule has 1 aliphatic heterocycles. The van der Waals surface area contributed by atoms with E-state index in [2.05, 4.69) is 30.3 Å². The second-order valence-electron chi connectivity index (χ2n) is 6.07. The smallest absolute Gasteiger partial charge is 0.242 e. The highest BCUT2D eigenvalue weighted by Gasteiger charge is 2.19. The summed E-state index contributed by atoms with van der Waals surface area (Å²) >= 11 is 0. The minimum Gasteiger partial charge on any atom is -0.356 e. The van der Waals surface area contributed by atoms with Crippen LogP contribution in [-0.4, -0.2) is 43.7 Å². The van der Waals surface area contributed by atoms with Crippen LogP contribution in [0.3, 0.4) is 0 Å². The zero-order valence-electron chi connectivity index (χ0n) is 13.8. The van der Waals surface area contributed by atoms with Crippen molar-refractivity contribution in [3.63, 3.8) is 0 Å². The Morgan fingerprint density at radius 1 is 1.20 bits per heavy atom. The first-order valence-electron chi connectivity index (χ1n) is 8.38. The van der Waals surface area contributed by atoms with Crippen molar-refractivity contribution < 1.29 is 4.79 Å². The molecule has 1 fully saturated rings. The van der Waals surface area contributed by atoms with Gasteiger partial charge in [0.1, 0.15) is 18.7 Å².